The number of carboxylic acid groups (broad SMARTS) is 1. The molecule has 1 N–H and O–H groups in total. The van der Waals surface area contributed by atoms with E-state index in [1.807, 2.05) is 24.3 Å². The van der Waals surface area contributed by atoms with Gasteiger partial charge in [0.1, 0.15) is 11.6 Å². The van der Waals surface area contributed by atoms with E-state index in [2.05, 4.69) is 15.9 Å². The van der Waals surface area contributed by atoms with Crippen LogP contribution in [0.5, 0.6) is 0 Å². The minimum Gasteiger partial charge on any atom is -0.480 e. The van der Waals surface area contributed by atoms with Crippen LogP contribution >= 0.6 is 15.9 Å². The highest BCUT2D eigenvalue weighted by Crippen LogP contribution is 2.32. The normalized spacial score (nSPS) is 13.3. The number of carbonyl (C=O) groups excluding carboxylic acids is 1. The first-order valence-electron chi connectivity index (χ1n) is 7.31. The Morgan fingerprint density at radius 1 is 1.13 bits per heavy atom. The highest BCUT2D eigenvalue weighted by molar-refractivity contribution is 9.10. The summed E-state index contributed by atoms with van der Waals surface area (Å²) in [5.41, 5.74) is -0.655. The summed E-state index contributed by atoms with van der Waals surface area (Å²) in [5.74, 6) is -1.08. The first kappa shape index (κ1) is 19.5. The fourth-order valence-electron chi connectivity index (χ4n) is 2.44. The van der Waals surface area contributed by atoms with E-state index < -0.39 is 29.1 Å². The number of hydrogen-bond acceptors (Lipinski definition) is 3. The number of nitrogens with zero attached hydrogens (tertiary/aromatic N) is 1. The van der Waals surface area contributed by atoms with Crippen LogP contribution in [0, 0.1) is 0 Å². The first-order valence-corrected chi connectivity index (χ1v) is 8.10. The maximum atomic E-state index is 12.3. The lowest BCUT2D eigenvalue weighted by Gasteiger charge is -2.38. The molecule has 0 radical (unpaired) electrons. The Bertz CT molecular complexity index is 575. The number of halogens is 1. The minimum atomic E-state index is -1.08. The van der Waals surface area contributed by atoms with E-state index in [0.29, 0.717) is 0 Å². The van der Waals surface area contributed by atoms with Crippen molar-refractivity contribution in [2.75, 3.05) is 7.05 Å². The molecule has 0 fully saturated rings. The van der Waals surface area contributed by atoms with Gasteiger partial charge >= 0.3 is 12.1 Å². The summed E-state index contributed by atoms with van der Waals surface area (Å²) in [6.07, 6.45) is -0.657. The van der Waals surface area contributed by atoms with Gasteiger partial charge in [0, 0.05) is 16.9 Å². The number of likely N-dealkylation sites (N-methyl/N-ethyl adjacent to an activating group) is 1. The van der Waals surface area contributed by atoms with E-state index >= 15 is 0 Å². The first-order chi connectivity index (χ1) is 10.4. The lowest BCUT2D eigenvalue weighted by molar-refractivity contribution is -0.145. The van der Waals surface area contributed by atoms with Gasteiger partial charge in [0.05, 0.1) is 0 Å². The fraction of sp³-hybridized carbons (Fsp3) is 0.529. The summed E-state index contributed by atoms with van der Waals surface area (Å²) in [4.78, 5) is 25.3. The SMILES string of the molecule is CN(C(=O)OC(C)(C)C)C(C(=O)O)C(C)(C)c1ccc(Br)cc1. The monoisotopic (exact) mass is 385 g/mol. The molecule has 128 valence electrons. The molecular formula is C17H24BrNO4. The summed E-state index contributed by atoms with van der Waals surface area (Å²) >= 11 is 3.36. The van der Waals surface area contributed by atoms with Crippen LogP contribution in [0.1, 0.15) is 40.2 Å². The number of carbonyl (C=O) groups is 2. The van der Waals surface area contributed by atoms with Crippen LogP contribution in [0.15, 0.2) is 28.7 Å². The molecule has 23 heavy (non-hydrogen) atoms. The summed E-state index contributed by atoms with van der Waals surface area (Å²) in [7, 11) is 1.45. The highest BCUT2D eigenvalue weighted by Gasteiger charge is 2.42. The number of carboxylic acids is 1. The second kappa shape index (κ2) is 6.91. The van der Waals surface area contributed by atoms with Gasteiger partial charge in [0.15, 0.2) is 0 Å². The van der Waals surface area contributed by atoms with Gasteiger partial charge in [-0.15, -0.1) is 0 Å². The fourth-order valence-corrected chi connectivity index (χ4v) is 2.70. The molecule has 1 aromatic carbocycles. The number of hydrogen-bond donors (Lipinski definition) is 1. The van der Waals surface area contributed by atoms with Crippen LogP contribution in [0.2, 0.25) is 0 Å². The summed E-state index contributed by atoms with van der Waals surface area (Å²) in [6, 6.07) is 6.34. The third kappa shape index (κ3) is 4.96. The van der Waals surface area contributed by atoms with Crippen molar-refractivity contribution in [3.8, 4) is 0 Å². The average molecular weight is 386 g/mol. The molecule has 0 spiro atoms. The summed E-state index contributed by atoms with van der Waals surface area (Å²) in [6.45, 7) is 8.84. The molecule has 1 rings (SSSR count). The third-order valence-corrected chi connectivity index (χ3v) is 4.10. The molecule has 1 atom stereocenters. The van der Waals surface area contributed by atoms with Crippen LogP contribution in [0.3, 0.4) is 0 Å². The Balaban J connectivity index is 3.16. The van der Waals surface area contributed by atoms with E-state index in [1.165, 1.54) is 7.05 Å². The average Bonchev–Trinajstić information content (AvgIpc) is 2.36. The second-order valence-corrected chi connectivity index (χ2v) is 7.98. The van der Waals surface area contributed by atoms with Crippen molar-refractivity contribution in [3.63, 3.8) is 0 Å². The van der Waals surface area contributed by atoms with Crippen molar-refractivity contribution in [1.29, 1.82) is 0 Å². The second-order valence-electron chi connectivity index (χ2n) is 7.06. The van der Waals surface area contributed by atoms with Gasteiger partial charge in [-0.25, -0.2) is 9.59 Å². The van der Waals surface area contributed by atoms with Crippen LogP contribution in [0.4, 0.5) is 4.79 Å². The molecule has 0 aromatic heterocycles. The zero-order valence-corrected chi connectivity index (χ0v) is 16.0. The minimum absolute atomic E-state index is 0.657. The lowest BCUT2D eigenvalue weighted by atomic mass is 9.77. The van der Waals surface area contributed by atoms with Gasteiger partial charge in [-0.3, -0.25) is 4.90 Å². The molecule has 0 aliphatic heterocycles. The van der Waals surface area contributed by atoms with Crippen molar-refractivity contribution in [3.05, 3.63) is 34.3 Å². The molecule has 6 heteroatoms. The molecule has 1 unspecified atom stereocenters. The van der Waals surface area contributed by atoms with E-state index in [-0.39, 0.29) is 0 Å². The molecule has 0 aliphatic rings. The predicted molar refractivity (Wildman–Crippen MR) is 92.6 cm³/mol. The molecule has 5 nitrogen and oxygen atoms in total. The standard InChI is InChI=1S/C17H24BrNO4/c1-16(2,3)23-15(22)19(6)13(14(20)21)17(4,5)11-7-9-12(18)10-8-11/h7-10,13H,1-6H3,(H,20,21). The van der Waals surface area contributed by atoms with Crippen molar-refractivity contribution in [2.24, 2.45) is 0 Å². The van der Waals surface area contributed by atoms with Gasteiger partial charge in [0.2, 0.25) is 0 Å². The van der Waals surface area contributed by atoms with E-state index in [1.54, 1.807) is 34.6 Å². The molecule has 0 aliphatic carbocycles. The molecule has 0 bridgehead atoms. The molecular weight excluding hydrogens is 362 g/mol. The Morgan fingerprint density at radius 2 is 1.61 bits per heavy atom. The smallest absolute Gasteiger partial charge is 0.410 e. The summed E-state index contributed by atoms with van der Waals surface area (Å²) in [5, 5.41) is 9.68. The number of amides is 1. The van der Waals surface area contributed by atoms with Gasteiger partial charge in [0.25, 0.3) is 0 Å². The third-order valence-electron chi connectivity index (χ3n) is 3.57. The quantitative estimate of drug-likeness (QED) is 0.848. The van der Waals surface area contributed by atoms with Gasteiger partial charge in [-0.2, -0.15) is 0 Å². The van der Waals surface area contributed by atoms with Crippen molar-refractivity contribution < 1.29 is 19.4 Å². The van der Waals surface area contributed by atoms with Crippen LogP contribution in [0.25, 0.3) is 0 Å². The maximum Gasteiger partial charge on any atom is 0.410 e. The maximum absolute atomic E-state index is 12.3. The van der Waals surface area contributed by atoms with Gasteiger partial charge in [-0.05, 0) is 38.5 Å². The summed E-state index contributed by atoms with van der Waals surface area (Å²) < 4.78 is 6.20. The Kier molecular flexibility index (Phi) is 5.85. The van der Waals surface area contributed by atoms with Crippen molar-refractivity contribution in [1.82, 2.24) is 4.90 Å². The van der Waals surface area contributed by atoms with E-state index in [9.17, 15) is 14.7 Å². The molecule has 1 amide bonds. The van der Waals surface area contributed by atoms with Crippen molar-refractivity contribution >= 4 is 28.0 Å². The van der Waals surface area contributed by atoms with Crippen LogP contribution in [-0.4, -0.2) is 40.8 Å². The highest BCUT2D eigenvalue weighted by atomic mass is 79.9. The predicted octanol–water partition coefficient (Wildman–Crippen LogP) is 4.05. The number of rotatable bonds is 4. The van der Waals surface area contributed by atoms with Crippen molar-refractivity contribution in [2.45, 2.75) is 51.7 Å². The number of aliphatic carboxylic acids is 1. The van der Waals surface area contributed by atoms with Crippen LogP contribution in [-0.2, 0) is 14.9 Å². The van der Waals surface area contributed by atoms with Crippen LogP contribution < -0.4 is 0 Å². The van der Waals surface area contributed by atoms with Gasteiger partial charge in [-0.1, -0.05) is 41.9 Å². The Hall–Kier alpha value is -1.56. The molecule has 0 saturated heterocycles. The molecule has 0 saturated carbocycles. The number of benzene rings is 1. The lowest BCUT2D eigenvalue weighted by Crippen LogP contribution is -2.54. The largest absolute Gasteiger partial charge is 0.480 e. The Labute approximate surface area is 145 Å². The number of ether oxygens (including phenoxy) is 1. The molecule has 1 aromatic rings. The topological polar surface area (TPSA) is 66.8 Å². The van der Waals surface area contributed by atoms with Gasteiger partial charge < -0.3 is 9.84 Å². The Morgan fingerprint density at radius 3 is 2.00 bits per heavy atom. The van der Waals surface area contributed by atoms with E-state index in [0.717, 1.165) is 14.9 Å². The molecule has 0 heterocycles. The zero-order valence-electron chi connectivity index (χ0n) is 14.4. The van der Waals surface area contributed by atoms with E-state index in [4.69, 9.17) is 4.74 Å². The zero-order chi connectivity index (χ0) is 18.0.